The third-order valence-electron chi connectivity index (χ3n) is 4.06. The fraction of sp³-hybridized carbons (Fsp3) is 0.238. The second-order valence-electron chi connectivity index (χ2n) is 6.22. The molecular weight excluding hydrogens is 328 g/mol. The topological polar surface area (TPSA) is 64.4 Å². The SMILES string of the molecule is CCC(Oc1ccc(-c2ccc(C)cc2)cc1)C(=O)Nc1cc(C)on1. The zero-order valence-corrected chi connectivity index (χ0v) is 15.2. The fourth-order valence-corrected chi connectivity index (χ4v) is 2.59. The van der Waals surface area contributed by atoms with E-state index in [0.29, 0.717) is 23.7 Å². The highest BCUT2D eigenvalue weighted by Gasteiger charge is 2.19. The predicted molar refractivity (Wildman–Crippen MR) is 101 cm³/mol. The highest BCUT2D eigenvalue weighted by molar-refractivity contribution is 5.93. The van der Waals surface area contributed by atoms with Crippen molar-refractivity contribution in [1.82, 2.24) is 5.16 Å². The third kappa shape index (κ3) is 4.30. The van der Waals surface area contributed by atoms with Gasteiger partial charge < -0.3 is 14.6 Å². The molecule has 0 spiro atoms. The lowest BCUT2D eigenvalue weighted by atomic mass is 10.0. The number of carbonyl (C=O) groups excluding carboxylic acids is 1. The Kier molecular flexibility index (Phi) is 5.37. The molecule has 3 aromatic rings. The van der Waals surface area contributed by atoms with E-state index >= 15 is 0 Å². The van der Waals surface area contributed by atoms with Crippen LogP contribution >= 0.6 is 0 Å². The van der Waals surface area contributed by atoms with E-state index in [4.69, 9.17) is 9.26 Å². The maximum absolute atomic E-state index is 12.4. The summed E-state index contributed by atoms with van der Waals surface area (Å²) >= 11 is 0. The quantitative estimate of drug-likeness (QED) is 0.696. The lowest BCUT2D eigenvalue weighted by molar-refractivity contribution is -0.122. The molecule has 0 radical (unpaired) electrons. The summed E-state index contributed by atoms with van der Waals surface area (Å²) in [6, 6.07) is 17.8. The summed E-state index contributed by atoms with van der Waals surface area (Å²) in [6.07, 6.45) is -0.0558. The van der Waals surface area contributed by atoms with Crippen molar-refractivity contribution in [2.45, 2.75) is 33.3 Å². The van der Waals surface area contributed by atoms with E-state index in [9.17, 15) is 4.79 Å². The largest absolute Gasteiger partial charge is 0.481 e. The van der Waals surface area contributed by atoms with Crippen LogP contribution in [-0.4, -0.2) is 17.2 Å². The van der Waals surface area contributed by atoms with Crippen LogP contribution in [0.15, 0.2) is 59.1 Å². The molecule has 0 aliphatic heterocycles. The maximum atomic E-state index is 12.4. The van der Waals surface area contributed by atoms with Crippen LogP contribution in [0.4, 0.5) is 5.82 Å². The Labute approximate surface area is 153 Å². The van der Waals surface area contributed by atoms with Gasteiger partial charge in [-0.3, -0.25) is 4.79 Å². The zero-order valence-electron chi connectivity index (χ0n) is 15.2. The van der Waals surface area contributed by atoms with Crippen LogP contribution in [0.25, 0.3) is 11.1 Å². The third-order valence-corrected chi connectivity index (χ3v) is 4.06. The summed E-state index contributed by atoms with van der Waals surface area (Å²) < 4.78 is 10.8. The lowest BCUT2D eigenvalue weighted by Crippen LogP contribution is -2.32. The summed E-state index contributed by atoms with van der Waals surface area (Å²) in [7, 11) is 0. The number of nitrogens with zero attached hydrogens (tertiary/aromatic N) is 1. The number of carbonyl (C=O) groups is 1. The number of amides is 1. The fourth-order valence-electron chi connectivity index (χ4n) is 2.59. The van der Waals surface area contributed by atoms with Gasteiger partial charge in [0.2, 0.25) is 0 Å². The summed E-state index contributed by atoms with van der Waals surface area (Å²) in [5.74, 6) is 1.44. The molecule has 134 valence electrons. The number of aryl methyl sites for hydroxylation is 2. The zero-order chi connectivity index (χ0) is 18.5. The minimum atomic E-state index is -0.600. The van der Waals surface area contributed by atoms with Crippen molar-refractivity contribution in [3.63, 3.8) is 0 Å². The molecule has 1 atom stereocenters. The average molecular weight is 350 g/mol. The van der Waals surface area contributed by atoms with Crippen LogP contribution in [0.2, 0.25) is 0 Å². The molecule has 1 amide bonds. The van der Waals surface area contributed by atoms with Crippen molar-refractivity contribution in [3.8, 4) is 16.9 Å². The Morgan fingerprint density at radius 1 is 1.08 bits per heavy atom. The van der Waals surface area contributed by atoms with Crippen molar-refractivity contribution >= 4 is 11.7 Å². The summed E-state index contributed by atoms with van der Waals surface area (Å²) in [5.41, 5.74) is 3.48. The minimum absolute atomic E-state index is 0.247. The number of ether oxygens (including phenoxy) is 1. The van der Waals surface area contributed by atoms with Gasteiger partial charge in [-0.15, -0.1) is 0 Å². The predicted octanol–water partition coefficient (Wildman–Crippen LogP) is 4.75. The van der Waals surface area contributed by atoms with Gasteiger partial charge in [0.15, 0.2) is 11.9 Å². The van der Waals surface area contributed by atoms with E-state index in [2.05, 4.69) is 41.7 Å². The maximum Gasteiger partial charge on any atom is 0.266 e. The van der Waals surface area contributed by atoms with Gasteiger partial charge in [0.25, 0.3) is 5.91 Å². The average Bonchev–Trinajstić information content (AvgIpc) is 3.05. The molecule has 0 saturated carbocycles. The van der Waals surface area contributed by atoms with Gasteiger partial charge in [-0.05, 0) is 43.5 Å². The van der Waals surface area contributed by atoms with Crippen LogP contribution in [0, 0.1) is 13.8 Å². The van der Waals surface area contributed by atoms with E-state index in [1.54, 1.807) is 13.0 Å². The molecule has 1 N–H and O–H groups in total. The molecule has 3 rings (SSSR count). The minimum Gasteiger partial charge on any atom is -0.481 e. The monoisotopic (exact) mass is 350 g/mol. The molecule has 0 bridgehead atoms. The van der Waals surface area contributed by atoms with E-state index in [1.807, 2.05) is 31.2 Å². The molecule has 5 nitrogen and oxygen atoms in total. The standard InChI is InChI=1S/C21H22N2O3/c1-4-19(21(24)22-20-13-15(3)26-23-20)25-18-11-9-17(10-12-18)16-7-5-14(2)6-8-16/h5-13,19H,4H2,1-3H3,(H,22,23,24). The first-order valence-electron chi connectivity index (χ1n) is 8.63. The van der Waals surface area contributed by atoms with E-state index in [0.717, 1.165) is 11.1 Å². The van der Waals surface area contributed by atoms with Gasteiger partial charge in [-0.1, -0.05) is 54.0 Å². The Bertz CT molecular complexity index is 867. The van der Waals surface area contributed by atoms with Gasteiger partial charge >= 0.3 is 0 Å². The van der Waals surface area contributed by atoms with Gasteiger partial charge in [-0.2, -0.15) is 0 Å². The van der Waals surface area contributed by atoms with Crippen molar-refractivity contribution in [2.24, 2.45) is 0 Å². The van der Waals surface area contributed by atoms with Crippen molar-refractivity contribution in [3.05, 3.63) is 65.9 Å². The Morgan fingerprint density at radius 3 is 2.23 bits per heavy atom. The molecule has 5 heteroatoms. The van der Waals surface area contributed by atoms with Crippen LogP contribution in [0.5, 0.6) is 5.75 Å². The van der Waals surface area contributed by atoms with Gasteiger partial charge in [0, 0.05) is 6.07 Å². The van der Waals surface area contributed by atoms with Crippen LogP contribution in [0.3, 0.4) is 0 Å². The molecule has 2 aromatic carbocycles. The lowest BCUT2D eigenvalue weighted by Gasteiger charge is -2.16. The first kappa shape index (κ1) is 17.7. The van der Waals surface area contributed by atoms with Gasteiger partial charge in [0.05, 0.1) is 0 Å². The first-order chi connectivity index (χ1) is 12.5. The second-order valence-corrected chi connectivity index (χ2v) is 6.22. The number of rotatable bonds is 6. The van der Waals surface area contributed by atoms with E-state index < -0.39 is 6.10 Å². The van der Waals surface area contributed by atoms with Crippen LogP contribution < -0.4 is 10.1 Å². The molecule has 0 fully saturated rings. The molecule has 1 unspecified atom stereocenters. The highest BCUT2D eigenvalue weighted by atomic mass is 16.5. The number of benzene rings is 2. The van der Waals surface area contributed by atoms with E-state index in [-0.39, 0.29) is 5.91 Å². The molecular formula is C21H22N2O3. The Morgan fingerprint density at radius 2 is 1.69 bits per heavy atom. The molecule has 0 aliphatic carbocycles. The van der Waals surface area contributed by atoms with Crippen molar-refractivity contribution < 1.29 is 14.1 Å². The molecule has 1 heterocycles. The molecule has 0 aliphatic rings. The normalized spacial score (nSPS) is 11.8. The highest BCUT2D eigenvalue weighted by Crippen LogP contribution is 2.24. The number of nitrogens with one attached hydrogen (secondary N) is 1. The Balaban J connectivity index is 1.66. The van der Waals surface area contributed by atoms with Crippen LogP contribution in [-0.2, 0) is 4.79 Å². The molecule has 1 aromatic heterocycles. The molecule has 0 saturated heterocycles. The Hall–Kier alpha value is -3.08. The van der Waals surface area contributed by atoms with Gasteiger partial charge in [0.1, 0.15) is 11.5 Å². The van der Waals surface area contributed by atoms with Crippen LogP contribution in [0.1, 0.15) is 24.7 Å². The van der Waals surface area contributed by atoms with Gasteiger partial charge in [-0.25, -0.2) is 0 Å². The molecule has 26 heavy (non-hydrogen) atoms. The van der Waals surface area contributed by atoms with Crippen molar-refractivity contribution in [2.75, 3.05) is 5.32 Å². The number of hydrogen-bond donors (Lipinski definition) is 1. The first-order valence-corrected chi connectivity index (χ1v) is 8.63. The number of anilines is 1. The summed E-state index contributed by atoms with van der Waals surface area (Å²) in [6.45, 7) is 5.74. The van der Waals surface area contributed by atoms with Crippen molar-refractivity contribution in [1.29, 1.82) is 0 Å². The summed E-state index contributed by atoms with van der Waals surface area (Å²) in [5, 5.41) is 6.48. The van der Waals surface area contributed by atoms with E-state index in [1.165, 1.54) is 5.56 Å². The smallest absolute Gasteiger partial charge is 0.266 e. The number of hydrogen-bond acceptors (Lipinski definition) is 4. The number of aromatic nitrogens is 1. The second kappa shape index (κ2) is 7.87. The summed E-state index contributed by atoms with van der Waals surface area (Å²) in [4.78, 5) is 12.4.